The maximum Gasteiger partial charge on any atom is 0.178 e. The number of fused-ring (bicyclic) bond motifs is 1. The zero-order valence-electron chi connectivity index (χ0n) is 12.6. The van der Waals surface area contributed by atoms with Crippen molar-refractivity contribution >= 4 is 5.78 Å². The number of rotatable bonds is 2. The molecular weight excluding hydrogens is 284 g/mol. The number of ether oxygens (including phenoxy) is 1. The number of Topliss-reactive ketones (excluding diaryl/α,β-unsaturated/α-hetero) is 1. The van der Waals surface area contributed by atoms with Gasteiger partial charge in [-0.05, 0) is 23.3 Å². The minimum Gasteiger partial charge on any atom is -0.484 e. The molecule has 2 heteroatoms. The fourth-order valence-corrected chi connectivity index (χ4v) is 3.17. The van der Waals surface area contributed by atoms with Gasteiger partial charge in [-0.1, -0.05) is 72.8 Å². The summed E-state index contributed by atoms with van der Waals surface area (Å²) in [7, 11) is 0. The maximum absolute atomic E-state index is 13.1. The molecule has 0 fully saturated rings. The van der Waals surface area contributed by atoms with E-state index in [2.05, 4.69) is 0 Å². The standard InChI is InChI=1S/C21H16O2/c22-20-17-13-7-8-14-18(17)23-21(16-11-5-2-6-12-16)19(20)15-9-3-1-4-10-15/h1-14,19,21H. The molecule has 0 aromatic heterocycles. The first kappa shape index (κ1) is 13.8. The van der Waals surface area contributed by atoms with Crippen LogP contribution < -0.4 is 4.74 Å². The lowest BCUT2D eigenvalue weighted by Crippen LogP contribution is -2.29. The van der Waals surface area contributed by atoms with Gasteiger partial charge in [-0.3, -0.25) is 4.79 Å². The first-order chi connectivity index (χ1) is 11.3. The van der Waals surface area contributed by atoms with Crippen molar-refractivity contribution in [1.29, 1.82) is 0 Å². The van der Waals surface area contributed by atoms with E-state index in [0.717, 1.165) is 11.1 Å². The van der Waals surface area contributed by atoms with Crippen LogP contribution in [0.5, 0.6) is 5.75 Å². The second-order valence-corrected chi connectivity index (χ2v) is 5.70. The third-order valence-electron chi connectivity index (χ3n) is 4.28. The molecule has 0 spiro atoms. The van der Waals surface area contributed by atoms with E-state index < -0.39 is 0 Å². The van der Waals surface area contributed by atoms with Crippen LogP contribution in [0.2, 0.25) is 0 Å². The summed E-state index contributed by atoms with van der Waals surface area (Å²) in [5, 5.41) is 0. The Labute approximate surface area is 135 Å². The molecule has 2 atom stereocenters. The van der Waals surface area contributed by atoms with Crippen molar-refractivity contribution in [2.45, 2.75) is 12.0 Å². The fourth-order valence-electron chi connectivity index (χ4n) is 3.17. The van der Waals surface area contributed by atoms with Crippen molar-refractivity contribution in [2.75, 3.05) is 0 Å². The molecule has 4 rings (SSSR count). The van der Waals surface area contributed by atoms with E-state index in [-0.39, 0.29) is 17.8 Å². The van der Waals surface area contributed by atoms with Gasteiger partial charge < -0.3 is 4.74 Å². The van der Waals surface area contributed by atoms with Crippen LogP contribution in [-0.2, 0) is 0 Å². The Kier molecular flexibility index (Phi) is 3.43. The van der Waals surface area contributed by atoms with Gasteiger partial charge in [0.15, 0.2) is 5.78 Å². The van der Waals surface area contributed by atoms with Crippen LogP contribution in [0.1, 0.15) is 33.5 Å². The van der Waals surface area contributed by atoms with Crippen molar-refractivity contribution in [3.05, 3.63) is 102 Å². The predicted octanol–water partition coefficient (Wildman–Crippen LogP) is 4.79. The smallest absolute Gasteiger partial charge is 0.178 e. The van der Waals surface area contributed by atoms with Gasteiger partial charge in [-0.15, -0.1) is 0 Å². The van der Waals surface area contributed by atoms with Gasteiger partial charge in [-0.2, -0.15) is 0 Å². The molecule has 0 N–H and O–H groups in total. The van der Waals surface area contributed by atoms with Crippen molar-refractivity contribution in [1.82, 2.24) is 0 Å². The largest absolute Gasteiger partial charge is 0.484 e. The van der Waals surface area contributed by atoms with Crippen molar-refractivity contribution in [3.63, 3.8) is 0 Å². The summed E-state index contributed by atoms with van der Waals surface area (Å²) in [5.74, 6) is 0.457. The molecule has 0 amide bonds. The predicted molar refractivity (Wildman–Crippen MR) is 89.8 cm³/mol. The van der Waals surface area contributed by atoms with E-state index in [1.54, 1.807) is 0 Å². The van der Waals surface area contributed by atoms with Crippen molar-refractivity contribution < 1.29 is 9.53 Å². The molecule has 0 saturated heterocycles. The van der Waals surface area contributed by atoms with Crippen LogP contribution in [0, 0.1) is 0 Å². The SMILES string of the molecule is O=C1c2ccccc2OC(c2ccccc2)C1c1ccccc1. The van der Waals surface area contributed by atoms with Gasteiger partial charge in [0.1, 0.15) is 11.9 Å². The van der Waals surface area contributed by atoms with Gasteiger partial charge in [-0.25, -0.2) is 0 Å². The quantitative estimate of drug-likeness (QED) is 0.680. The molecule has 1 aliphatic heterocycles. The van der Waals surface area contributed by atoms with Gasteiger partial charge in [0, 0.05) is 0 Å². The Balaban J connectivity index is 1.87. The number of carbonyl (C=O) groups excluding carboxylic acids is 1. The zero-order valence-corrected chi connectivity index (χ0v) is 12.6. The van der Waals surface area contributed by atoms with E-state index >= 15 is 0 Å². The summed E-state index contributed by atoms with van der Waals surface area (Å²) in [6.07, 6.45) is -0.305. The van der Waals surface area contributed by atoms with Gasteiger partial charge >= 0.3 is 0 Å². The second kappa shape index (κ2) is 5.73. The summed E-state index contributed by atoms with van der Waals surface area (Å²) in [5.41, 5.74) is 2.67. The monoisotopic (exact) mass is 300 g/mol. The molecule has 112 valence electrons. The molecule has 3 aromatic rings. The molecule has 3 aromatic carbocycles. The zero-order chi connectivity index (χ0) is 15.6. The summed E-state index contributed by atoms with van der Waals surface area (Å²) < 4.78 is 6.23. The van der Waals surface area contributed by atoms with E-state index in [1.165, 1.54) is 0 Å². The Morgan fingerprint density at radius 3 is 1.91 bits per heavy atom. The Morgan fingerprint density at radius 2 is 1.22 bits per heavy atom. The molecule has 1 aliphatic rings. The number of benzene rings is 3. The van der Waals surface area contributed by atoms with Gasteiger partial charge in [0.2, 0.25) is 0 Å². The highest BCUT2D eigenvalue weighted by Gasteiger charge is 2.38. The Morgan fingerprint density at radius 1 is 0.652 bits per heavy atom. The van der Waals surface area contributed by atoms with E-state index in [9.17, 15) is 4.79 Å². The van der Waals surface area contributed by atoms with Crippen LogP contribution >= 0.6 is 0 Å². The molecular formula is C21H16O2. The molecule has 1 heterocycles. The summed E-state index contributed by atoms with van der Waals surface area (Å²) in [6.45, 7) is 0. The first-order valence-corrected chi connectivity index (χ1v) is 7.74. The minimum absolute atomic E-state index is 0.118. The fraction of sp³-hybridized carbons (Fsp3) is 0.0952. The number of para-hydroxylation sites is 1. The maximum atomic E-state index is 13.1. The summed E-state index contributed by atoms with van der Waals surface area (Å²) >= 11 is 0. The summed E-state index contributed by atoms with van der Waals surface area (Å²) in [4.78, 5) is 13.1. The first-order valence-electron chi connectivity index (χ1n) is 7.74. The van der Waals surface area contributed by atoms with Crippen LogP contribution in [0.15, 0.2) is 84.9 Å². The van der Waals surface area contributed by atoms with Gasteiger partial charge in [0.25, 0.3) is 0 Å². The minimum atomic E-state index is -0.325. The average Bonchev–Trinajstić information content (AvgIpc) is 2.63. The Hall–Kier alpha value is -2.87. The van der Waals surface area contributed by atoms with Crippen LogP contribution in [-0.4, -0.2) is 5.78 Å². The third-order valence-corrected chi connectivity index (χ3v) is 4.28. The second-order valence-electron chi connectivity index (χ2n) is 5.70. The molecule has 0 radical (unpaired) electrons. The van der Waals surface area contributed by atoms with E-state index in [4.69, 9.17) is 4.74 Å². The Bertz CT molecular complexity index is 825. The number of hydrogen-bond acceptors (Lipinski definition) is 2. The van der Waals surface area contributed by atoms with E-state index in [1.807, 2.05) is 84.9 Å². The highest BCUT2D eigenvalue weighted by Crippen LogP contribution is 2.43. The van der Waals surface area contributed by atoms with Crippen molar-refractivity contribution in [2.24, 2.45) is 0 Å². The molecule has 0 aliphatic carbocycles. The number of carbonyl (C=O) groups is 1. The van der Waals surface area contributed by atoms with Crippen LogP contribution in [0.3, 0.4) is 0 Å². The van der Waals surface area contributed by atoms with Gasteiger partial charge in [0.05, 0.1) is 11.5 Å². The summed E-state index contributed by atoms with van der Waals surface area (Å²) in [6, 6.07) is 27.3. The molecule has 0 bridgehead atoms. The highest BCUT2D eigenvalue weighted by atomic mass is 16.5. The van der Waals surface area contributed by atoms with E-state index in [0.29, 0.717) is 11.3 Å². The lowest BCUT2D eigenvalue weighted by molar-refractivity contribution is 0.0782. The molecule has 2 unspecified atom stereocenters. The lowest BCUT2D eigenvalue weighted by atomic mass is 9.81. The highest BCUT2D eigenvalue weighted by molar-refractivity contribution is 6.04. The number of ketones is 1. The molecule has 23 heavy (non-hydrogen) atoms. The number of hydrogen-bond donors (Lipinski definition) is 0. The lowest BCUT2D eigenvalue weighted by Gasteiger charge is -2.33. The van der Waals surface area contributed by atoms with Crippen LogP contribution in [0.4, 0.5) is 0 Å². The third kappa shape index (κ3) is 2.42. The molecule has 2 nitrogen and oxygen atoms in total. The van der Waals surface area contributed by atoms with Crippen molar-refractivity contribution in [3.8, 4) is 5.75 Å². The van der Waals surface area contributed by atoms with Crippen LogP contribution in [0.25, 0.3) is 0 Å². The average molecular weight is 300 g/mol. The normalized spacial score (nSPS) is 19.7. The molecule has 0 saturated carbocycles. The topological polar surface area (TPSA) is 26.3 Å².